The minimum absolute atomic E-state index is 0.154. The maximum atomic E-state index is 14.1. The number of anilines is 3. The molecular formula is C23H30FN5. The van der Waals surface area contributed by atoms with Gasteiger partial charge in [-0.25, -0.2) is 9.37 Å². The van der Waals surface area contributed by atoms with Crippen LogP contribution in [0.3, 0.4) is 0 Å². The first-order valence-electron chi connectivity index (χ1n) is 10.7. The summed E-state index contributed by atoms with van der Waals surface area (Å²) in [7, 11) is 0. The van der Waals surface area contributed by atoms with Crippen LogP contribution < -0.4 is 15.1 Å². The van der Waals surface area contributed by atoms with E-state index in [1.54, 1.807) is 11.6 Å². The fourth-order valence-corrected chi connectivity index (χ4v) is 4.14. The Kier molecular flexibility index (Phi) is 6.27. The van der Waals surface area contributed by atoms with E-state index in [9.17, 15) is 4.39 Å². The summed E-state index contributed by atoms with van der Waals surface area (Å²) in [6, 6.07) is 9.03. The fourth-order valence-electron chi connectivity index (χ4n) is 4.14. The van der Waals surface area contributed by atoms with E-state index in [-0.39, 0.29) is 5.82 Å². The van der Waals surface area contributed by atoms with Gasteiger partial charge in [0, 0.05) is 44.5 Å². The number of para-hydroxylation sites is 1. The number of aryl methyl sites for hydroxylation is 1. The van der Waals surface area contributed by atoms with Gasteiger partial charge in [0.25, 0.3) is 0 Å². The van der Waals surface area contributed by atoms with E-state index in [0.717, 1.165) is 50.7 Å². The third-order valence-electron chi connectivity index (χ3n) is 5.75. The van der Waals surface area contributed by atoms with Crippen LogP contribution in [-0.4, -0.2) is 42.7 Å². The molecule has 154 valence electrons. The summed E-state index contributed by atoms with van der Waals surface area (Å²) >= 11 is 0. The zero-order valence-corrected chi connectivity index (χ0v) is 17.2. The number of piperazine rings is 1. The van der Waals surface area contributed by atoms with Gasteiger partial charge in [-0.15, -0.1) is 0 Å². The van der Waals surface area contributed by atoms with Crippen LogP contribution in [0.15, 0.2) is 42.0 Å². The Labute approximate surface area is 172 Å². The Morgan fingerprint density at radius 3 is 2.59 bits per heavy atom. The van der Waals surface area contributed by atoms with Crippen LogP contribution >= 0.6 is 0 Å². The molecule has 6 heteroatoms. The van der Waals surface area contributed by atoms with Crippen molar-refractivity contribution in [2.24, 2.45) is 0 Å². The van der Waals surface area contributed by atoms with Gasteiger partial charge in [0.2, 0.25) is 5.95 Å². The number of halogens is 1. The van der Waals surface area contributed by atoms with Crippen molar-refractivity contribution in [2.45, 2.75) is 39.0 Å². The summed E-state index contributed by atoms with van der Waals surface area (Å²) in [6.45, 7) is 6.07. The van der Waals surface area contributed by atoms with E-state index in [2.05, 4.69) is 26.2 Å². The van der Waals surface area contributed by atoms with Crippen LogP contribution in [0.2, 0.25) is 0 Å². The third-order valence-corrected chi connectivity index (χ3v) is 5.75. The number of rotatable bonds is 6. The summed E-state index contributed by atoms with van der Waals surface area (Å²) in [5, 5.41) is 3.40. The Bertz CT molecular complexity index is 858. The quantitative estimate of drug-likeness (QED) is 0.727. The normalized spacial score (nSPS) is 17.2. The second-order valence-corrected chi connectivity index (χ2v) is 7.90. The van der Waals surface area contributed by atoms with E-state index < -0.39 is 0 Å². The molecule has 1 saturated heterocycles. The molecule has 1 N–H and O–H groups in total. The average molecular weight is 396 g/mol. The van der Waals surface area contributed by atoms with Gasteiger partial charge in [0.1, 0.15) is 11.6 Å². The van der Waals surface area contributed by atoms with Crippen molar-refractivity contribution in [3.63, 3.8) is 0 Å². The number of hydrogen-bond donors (Lipinski definition) is 1. The van der Waals surface area contributed by atoms with Crippen LogP contribution in [0, 0.1) is 12.7 Å². The lowest BCUT2D eigenvalue weighted by Crippen LogP contribution is -2.47. The van der Waals surface area contributed by atoms with E-state index in [4.69, 9.17) is 4.98 Å². The molecule has 29 heavy (non-hydrogen) atoms. The Balaban J connectivity index is 1.35. The summed E-state index contributed by atoms with van der Waals surface area (Å²) in [6.07, 6.45) is 8.55. The van der Waals surface area contributed by atoms with Crippen molar-refractivity contribution in [1.29, 1.82) is 0 Å². The molecule has 0 radical (unpaired) electrons. The molecule has 2 heterocycles. The molecule has 5 nitrogen and oxygen atoms in total. The Morgan fingerprint density at radius 1 is 1.03 bits per heavy atom. The molecule has 0 atom stereocenters. The van der Waals surface area contributed by atoms with Crippen LogP contribution in [0.4, 0.5) is 21.8 Å². The van der Waals surface area contributed by atoms with Gasteiger partial charge in [-0.3, -0.25) is 0 Å². The van der Waals surface area contributed by atoms with Crippen molar-refractivity contribution in [1.82, 2.24) is 9.97 Å². The largest absolute Gasteiger partial charge is 0.366 e. The first-order valence-corrected chi connectivity index (χ1v) is 10.7. The molecule has 1 aromatic heterocycles. The lowest BCUT2D eigenvalue weighted by Gasteiger charge is -2.37. The third kappa shape index (κ3) is 5.05. The van der Waals surface area contributed by atoms with Gasteiger partial charge in [-0.1, -0.05) is 23.8 Å². The van der Waals surface area contributed by atoms with Gasteiger partial charge >= 0.3 is 0 Å². The zero-order valence-electron chi connectivity index (χ0n) is 17.2. The van der Waals surface area contributed by atoms with Crippen molar-refractivity contribution < 1.29 is 4.39 Å². The molecule has 1 aliphatic heterocycles. The van der Waals surface area contributed by atoms with Crippen LogP contribution in [0.5, 0.6) is 0 Å². The van der Waals surface area contributed by atoms with Crippen LogP contribution in [0.25, 0.3) is 0 Å². The number of aromatic nitrogens is 2. The smallest absolute Gasteiger partial charge is 0.224 e. The second kappa shape index (κ2) is 9.25. The molecule has 1 aromatic carbocycles. The predicted octanol–water partition coefficient (Wildman–Crippen LogP) is 4.55. The number of nitrogens with one attached hydrogen (secondary N) is 1. The maximum Gasteiger partial charge on any atom is 0.224 e. The van der Waals surface area contributed by atoms with Crippen LogP contribution in [0.1, 0.15) is 37.8 Å². The Morgan fingerprint density at radius 2 is 1.83 bits per heavy atom. The average Bonchev–Trinajstić information content (AvgIpc) is 2.75. The first kappa shape index (κ1) is 19.7. The number of nitrogens with zero attached hydrogens (tertiary/aromatic N) is 4. The fraction of sp³-hybridized carbons (Fsp3) is 0.478. The lowest BCUT2D eigenvalue weighted by atomic mass is 9.97. The molecule has 0 spiro atoms. The molecule has 2 aliphatic rings. The van der Waals surface area contributed by atoms with Gasteiger partial charge in [-0.05, 0) is 51.2 Å². The molecule has 4 rings (SSSR count). The van der Waals surface area contributed by atoms with E-state index >= 15 is 0 Å². The minimum atomic E-state index is -0.154. The summed E-state index contributed by atoms with van der Waals surface area (Å²) in [5.41, 5.74) is 3.21. The molecule has 0 unspecified atom stereocenters. The van der Waals surface area contributed by atoms with E-state index in [1.807, 2.05) is 25.1 Å². The van der Waals surface area contributed by atoms with Crippen molar-refractivity contribution in [3.8, 4) is 0 Å². The van der Waals surface area contributed by atoms with Crippen molar-refractivity contribution in [2.75, 3.05) is 47.8 Å². The summed E-state index contributed by atoms with van der Waals surface area (Å²) in [4.78, 5) is 13.7. The zero-order chi connectivity index (χ0) is 20.1. The molecule has 2 aromatic rings. The highest BCUT2D eigenvalue weighted by molar-refractivity contribution is 5.51. The molecule has 0 bridgehead atoms. The van der Waals surface area contributed by atoms with Gasteiger partial charge in [0.05, 0.1) is 5.69 Å². The summed E-state index contributed by atoms with van der Waals surface area (Å²) in [5.74, 6) is 1.50. The number of hydrogen-bond acceptors (Lipinski definition) is 5. The van der Waals surface area contributed by atoms with Gasteiger partial charge in [-0.2, -0.15) is 4.98 Å². The van der Waals surface area contributed by atoms with Crippen molar-refractivity contribution in [3.05, 3.63) is 53.5 Å². The second-order valence-electron chi connectivity index (χ2n) is 7.90. The molecular weight excluding hydrogens is 365 g/mol. The standard InChI is InChI=1S/C23H30FN5/c1-18-17-22(27-23(26-18)25-12-11-19-7-3-2-4-8-19)29-15-13-28(14-16-29)21-10-6-5-9-20(21)24/h5-7,9-10,17H,2-4,8,11-16H2,1H3,(H,25,26,27). The molecule has 1 aliphatic carbocycles. The molecule has 0 saturated carbocycles. The first-order chi connectivity index (χ1) is 14.2. The monoisotopic (exact) mass is 395 g/mol. The lowest BCUT2D eigenvalue weighted by molar-refractivity contribution is 0.596. The van der Waals surface area contributed by atoms with E-state index in [0.29, 0.717) is 11.6 Å². The van der Waals surface area contributed by atoms with Crippen LogP contribution in [-0.2, 0) is 0 Å². The molecule has 1 fully saturated rings. The van der Waals surface area contributed by atoms with Gasteiger partial charge in [0.15, 0.2) is 0 Å². The SMILES string of the molecule is Cc1cc(N2CCN(c3ccccc3F)CC2)nc(NCCC2=CCCCC2)n1. The number of benzene rings is 1. The molecule has 0 amide bonds. The highest BCUT2D eigenvalue weighted by Crippen LogP contribution is 2.23. The summed E-state index contributed by atoms with van der Waals surface area (Å²) < 4.78 is 14.1. The van der Waals surface area contributed by atoms with Crippen molar-refractivity contribution >= 4 is 17.5 Å². The maximum absolute atomic E-state index is 14.1. The van der Waals surface area contributed by atoms with E-state index in [1.165, 1.54) is 31.7 Å². The minimum Gasteiger partial charge on any atom is -0.366 e. The topological polar surface area (TPSA) is 44.3 Å². The highest BCUT2D eigenvalue weighted by Gasteiger charge is 2.21. The predicted molar refractivity (Wildman–Crippen MR) is 117 cm³/mol. The Hall–Kier alpha value is -2.63. The number of allylic oxidation sites excluding steroid dienone is 1. The highest BCUT2D eigenvalue weighted by atomic mass is 19.1. The van der Waals surface area contributed by atoms with Gasteiger partial charge < -0.3 is 15.1 Å².